The maximum Gasteiger partial charge on any atom is 0.573 e. The first-order chi connectivity index (χ1) is 19.6. The van der Waals surface area contributed by atoms with E-state index in [0.29, 0.717) is 28.5 Å². The van der Waals surface area contributed by atoms with Gasteiger partial charge in [0, 0.05) is 17.3 Å². The number of benzene rings is 3. The molecule has 0 spiro atoms. The van der Waals surface area contributed by atoms with Crippen LogP contribution in [0.1, 0.15) is 5.56 Å². The molecule has 3 aromatic rings. The number of nitrogens with zero attached hydrogens (tertiary/aromatic N) is 2. The Kier molecular flexibility index (Phi) is 9.07. The zero-order valence-electron chi connectivity index (χ0n) is 22.0. The van der Waals surface area contributed by atoms with E-state index in [4.69, 9.17) is 14.2 Å². The lowest BCUT2D eigenvalue weighted by Crippen LogP contribution is -2.31. The van der Waals surface area contributed by atoms with Crippen LogP contribution >= 0.6 is 11.8 Å². The first-order valence-electron chi connectivity index (χ1n) is 11.9. The SMILES string of the molecule is COc1cc(C=C2N=C(SCC(=O)Nc3ccc(OC(F)(F)F)cc3)N(c3ccccc3)C2=O)c(OC)c(OC)c1. The van der Waals surface area contributed by atoms with Crippen molar-refractivity contribution in [1.82, 2.24) is 0 Å². The molecule has 0 aromatic heterocycles. The Labute approximate surface area is 237 Å². The summed E-state index contributed by atoms with van der Waals surface area (Å²) in [5.74, 6) is -0.179. The third-order valence-corrected chi connectivity index (χ3v) is 6.50. The summed E-state index contributed by atoms with van der Waals surface area (Å²) in [7, 11) is 4.45. The van der Waals surface area contributed by atoms with E-state index in [9.17, 15) is 22.8 Å². The summed E-state index contributed by atoms with van der Waals surface area (Å²) in [5.41, 5.74) is 1.40. The number of nitrogens with one attached hydrogen (secondary N) is 1. The molecule has 1 aliphatic heterocycles. The lowest BCUT2D eigenvalue weighted by Gasteiger charge is -2.17. The van der Waals surface area contributed by atoms with Gasteiger partial charge in [0.25, 0.3) is 5.91 Å². The molecule has 41 heavy (non-hydrogen) atoms. The quantitative estimate of drug-likeness (QED) is 0.320. The highest BCUT2D eigenvalue weighted by molar-refractivity contribution is 8.14. The monoisotopic (exact) mass is 587 g/mol. The number of thioether (sulfide) groups is 1. The molecule has 2 amide bonds. The number of alkyl halides is 3. The van der Waals surface area contributed by atoms with Gasteiger partial charge in [-0.2, -0.15) is 0 Å². The topological polar surface area (TPSA) is 98.7 Å². The highest BCUT2D eigenvalue weighted by atomic mass is 32.2. The van der Waals surface area contributed by atoms with Crippen LogP contribution in [0.5, 0.6) is 23.0 Å². The smallest absolute Gasteiger partial charge is 0.497 e. The Morgan fingerprint density at radius 1 is 0.976 bits per heavy atom. The molecule has 0 saturated carbocycles. The number of methoxy groups -OCH3 is 3. The van der Waals surface area contributed by atoms with E-state index in [0.717, 1.165) is 23.9 Å². The van der Waals surface area contributed by atoms with Gasteiger partial charge in [0.2, 0.25) is 5.91 Å². The second-order valence-electron chi connectivity index (χ2n) is 8.26. The van der Waals surface area contributed by atoms with Crippen LogP contribution < -0.4 is 29.2 Å². The van der Waals surface area contributed by atoms with Gasteiger partial charge in [-0.25, -0.2) is 4.99 Å². The minimum atomic E-state index is -4.82. The molecule has 1 N–H and O–H groups in total. The molecule has 9 nitrogen and oxygen atoms in total. The molecule has 1 heterocycles. The number of amides is 2. The number of rotatable bonds is 9. The molecule has 0 aliphatic carbocycles. The molecule has 3 aromatic carbocycles. The second-order valence-corrected chi connectivity index (χ2v) is 9.20. The average molecular weight is 588 g/mol. The summed E-state index contributed by atoms with van der Waals surface area (Å²) in [6.07, 6.45) is -3.27. The summed E-state index contributed by atoms with van der Waals surface area (Å²) in [6.45, 7) is 0. The Bertz CT molecular complexity index is 1480. The highest BCUT2D eigenvalue weighted by Gasteiger charge is 2.33. The molecule has 13 heteroatoms. The van der Waals surface area contributed by atoms with E-state index >= 15 is 0 Å². The maximum absolute atomic E-state index is 13.5. The van der Waals surface area contributed by atoms with Crippen LogP contribution in [0.4, 0.5) is 24.5 Å². The highest BCUT2D eigenvalue weighted by Crippen LogP contribution is 2.38. The molecule has 214 valence electrons. The number of carbonyl (C=O) groups is 2. The van der Waals surface area contributed by atoms with E-state index in [1.165, 1.54) is 38.4 Å². The molecular weight excluding hydrogens is 563 g/mol. The zero-order chi connectivity index (χ0) is 29.6. The van der Waals surface area contributed by atoms with E-state index in [-0.39, 0.29) is 22.3 Å². The Morgan fingerprint density at radius 3 is 2.29 bits per heavy atom. The Balaban J connectivity index is 1.57. The molecule has 0 unspecified atom stereocenters. The molecular formula is C28H24F3N3O6S. The number of halogens is 3. The van der Waals surface area contributed by atoms with Gasteiger partial charge in [-0.1, -0.05) is 30.0 Å². The summed E-state index contributed by atoms with van der Waals surface area (Å²) in [4.78, 5) is 32.1. The third-order valence-electron chi connectivity index (χ3n) is 5.56. The van der Waals surface area contributed by atoms with Gasteiger partial charge < -0.3 is 24.3 Å². The number of hydrogen-bond acceptors (Lipinski definition) is 8. The number of carbonyl (C=O) groups excluding carboxylic acids is 2. The van der Waals surface area contributed by atoms with Gasteiger partial charge in [0.05, 0.1) is 32.8 Å². The van der Waals surface area contributed by atoms with Crippen molar-refractivity contribution in [3.8, 4) is 23.0 Å². The van der Waals surface area contributed by atoms with E-state index in [1.807, 2.05) is 0 Å². The largest absolute Gasteiger partial charge is 0.573 e. The van der Waals surface area contributed by atoms with Crippen LogP contribution in [-0.4, -0.2) is 50.4 Å². The lowest BCUT2D eigenvalue weighted by atomic mass is 10.1. The molecule has 1 aliphatic rings. The number of aliphatic imine (C=N–C) groups is 1. The minimum absolute atomic E-state index is 0.0885. The van der Waals surface area contributed by atoms with Crippen molar-refractivity contribution in [2.24, 2.45) is 4.99 Å². The number of anilines is 2. The van der Waals surface area contributed by atoms with Crippen LogP contribution in [0.3, 0.4) is 0 Å². The maximum atomic E-state index is 13.5. The van der Waals surface area contributed by atoms with Crippen molar-refractivity contribution in [3.05, 3.63) is 78.0 Å². The van der Waals surface area contributed by atoms with Crippen molar-refractivity contribution in [3.63, 3.8) is 0 Å². The zero-order valence-corrected chi connectivity index (χ0v) is 22.8. The predicted octanol–water partition coefficient (Wildman–Crippen LogP) is 5.73. The molecule has 0 radical (unpaired) electrons. The van der Waals surface area contributed by atoms with Gasteiger partial charge in [-0.15, -0.1) is 13.2 Å². The van der Waals surface area contributed by atoms with Crippen LogP contribution in [-0.2, 0) is 9.59 Å². The minimum Gasteiger partial charge on any atom is -0.497 e. The normalized spacial score (nSPS) is 14.1. The van der Waals surface area contributed by atoms with E-state index in [1.54, 1.807) is 48.5 Å². The van der Waals surface area contributed by atoms with Gasteiger partial charge in [0.1, 0.15) is 17.2 Å². The molecule has 4 rings (SSSR count). The first kappa shape index (κ1) is 29.3. The molecule has 0 atom stereocenters. The van der Waals surface area contributed by atoms with Crippen molar-refractivity contribution in [2.45, 2.75) is 6.36 Å². The first-order valence-corrected chi connectivity index (χ1v) is 12.9. The van der Waals surface area contributed by atoms with Crippen molar-refractivity contribution >= 4 is 46.2 Å². The summed E-state index contributed by atoms with van der Waals surface area (Å²) in [6, 6.07) is 16.9. The number of ether oxygens (including phenoxy) is 4. The summed E-state index contributed by atoms with van der Waals surface area (Å²) >= 11 is 1.02. The van der Waals surface area contributed by atoms with Gasteiger partial charge in [-0.3, -0.25) is 14.5 Å². The Hall–Kier alpha value is -4.65. The standard InChI is InChI=1S/C28H24F3N3O6S/c1-37-21-13-17(25(39-3)23(15-21)38-2)14-22-26(36)34(19-7-5-4-6-8-19)27(33-22)41-16-24(35)32-18-9-11-20(12-10-18)40-28(29,30)31/h4-15H,16H2,1-3H3,(H,32,35). The number of amidine groups is 1. The van der Waals surface area contributed by atoms with Crippen LogP contribution in [0.15, 0.2) is 77.4 Å². The predicted molar refractivity (Wildman–Crippen MR) is 150 cm³/mol. The fraction of sp³-hybridized carbons (Fsp3) is 0.179. The van der Waals surface area contributed by atoms with Crippen LogP contribution in [0.25, 0.3) is 6.08 Å². The van der Waals surface area contributed by atoms with Crippen molar-refractivity contribution in [1.29, 1.82) is 0 Å². The van der Waals surface area contributed by atoms with Gasteiger partial charge >= 0.3 is 6.36 Å². The van der Waals surface area contributed by atoms with E-state index < -0.39 is 23.9 Å². The van der Waals surface area contributed by atoms with E-state index in [2.05, 4.69) is 15.0 Å². The Morgan fingerprint density at radius 2 is 1.68 bits per heavy atom. The summed E-state index contributed by atoms with van der Waals surface area (Å²) < 4.78 is 57.2. The number of hydrogen-bond donors (Lipinski definition) is 1. The number of para-hydroxylation sites is 1. The fourth-order valence-electron chi connectivity index (χ4n) is 3.80. The van der Waals surface area contributed by atoms with Gasteiger partial charge in [-0.05, 0) is 48.5 Å². The van der Waals surface area contributed by atoms with Crippen LogP contribution in [0, 0.1) is 0 Å². The van der Waals surface area contributed by atoms with Gasteiger partial charge in [0.15, 0.2) is 16.7 Å². The molecule has 0 bridgehead atoms. The average Bonchev–Trinajstić information content (AvgIpc) is 3.26. The summed E-state index contributed by atoms with van der Waals surface area (Å²) in [5, 5.41) is 2.85. The van der Waals surface area contributed by atoms with Crippen LogP contribution in [0.2, 0.25) is 0 Å². The van der Waals surface area contributed by atoms with Crippen molar-refractivity contribution < 1.29 is 41.7 Å². The second kappa shape index (κ2) is 12.7. The fourth-order valence-corrected chi connectivity index (χ4v) is 4.62. The molecule has 0 fully saturated rings. The molecule has 0 saturated heterocycles. The third kappa shape index (κ3) is 7.31. The van der Waals surface area contributed by atoms with Crippen molar-refractivity contribution in [2.75, 3.05) is 37.3 Å². The lowest BCUT2D eigenvalue weighted by molar-refractivity contribution is -0.274.